The van der Waals surface area contributed by atoms with Crippen LogP contribution < -0.4 is 9.47 Å². The Morgan fingerprint density at radius 1 is 0.574 bits per heavy atom. The fraction of sp³-hybridized carbons (Fsp3) is 0.596. The molecule has 0 bridgehead atoms. The van der Waals surface area contributed by atoms with Crippen LogP contribution in [-0.2, 0) is 76.1 Å². The first-order valence-electron chi connectivity index (χ1n) is 43.6. The van der Waals surface area contributed by atoms with Crippen molar-refractivity contribution in [1.82, 2.24) is 0 Å². The average Bonchev–Trinajstić information content (AvgIpc) is 0.806. The molecule has 5 aromatic carbocycles. The number of carbonyl (C=O) groups is 7. The first-order chi connectivity index (χ1) is 59.5. The van der Waals surface area contributed by atoms with Gasteiger partial charge in [0.05, 0.1) is 103 Å². The maximum atomic E-state index is 12.9. The number of rotatable bonds is 40. The van der Waals surface area contributed by atoms with Crippen LogP contribution in [0.15, 0.2) is 158 Å². The Bertz CT molecular complexity index is 4290. The van der Waals surface area contributed by atoms with Crippen LogP contribution in [0.5, 0.6) is 17.2 Å². The molecule has 0 aliphatic carbocycles. The van der Waals surface area contributed by atoms with Crippen molar-refractivity contribution in [3.63, 3.8) is 0 Å². The lowest BCUT2D eigenvalue weighted by Gasteiger charge is -2.42. The summed E-state index contributed by atoms with van der Waals surface area (Å²) < 4.78 is 74.9. The zero-order chi connectivity index (χ0) is 93.7. The Morgan fingerprint density at radius 2 is 1.09 bits per heavy atom. The van der Waals surface area contributed by atoms with Gasteiger partial charge in [0.1, 0.15) is 42.2 Å². The highest BCUT2D eigenvalue weighted by molar-refractivity contribution is 5.88. The maximum absolute atomic E-state index is 12.9. The summed E-state index contributed by atoms with van der Waals surface area (Å²) in [7, 11) is 1.25. The van der Waals surface area contributed by atoms with E-state index in [1.165, 1.54) is 58.6 Å². The largest absolute Gasteiger partial charge is 0.514 e. The maximum Gasteiger partial charge on any atom is 0.514 e. The summed E-state index contributed by atoms with van der Waals surface area (Å²) in [5.74, 6) is -4.19. The fourth-order valence-corrected chi connectivity index (χ4v) is 14.8. The van der Waals surface area contributed by atoms with Gasteiger partial charge in [-0.3, -0.25) is 19.2 Å². The molecule has 0 saturated carbocycles. The summed E-state index contributed by atoms with van der Waals surface area (Å²) in [6.45, 7) is 34.9. The van der Waals surface area contributed by atoms with Gasteiger partial charge in [-0.05, 0) is 223 Å². The topological polar surface area (TPSA) is 385 Å². The van der Waals surface area contributed by atoms with E-state index in [2.05, 4.69) is 66.0 Å². The molecule has 3 fully saturated rings. The normalized spacial score (nSPS) is 19.8. The van der Waals surface area contributed by atoms with Crippen LogP contribution in [-0.4, -0.2) is 166 Å². The molecule has 8 rings (SSSR count). The third-order valence-electron chi connectivity index (χ3n) is 22.2. The minimum absolute atomic E-state index is 0. The monoisotopic (exact) mass is 1920 g/mol. The van der Waals surface area contributed by atoms with Crippen molar-refractivity contribution in [2.45, 2.75) is 373 Å². The van der Waals surface area contributed by atoms with Crippen LogP contribution in [0.1, 0.15) is 344 Å². The van der Waals surface area contributed by atoms with Gasteiger partial charge in [0.25, 0.3) is 0 Å². The van der Waals surface area contributed by atoms with Gasteiger partial charge in [-0.1, -0.05) is 214 Å². The molecule has 3 aliphatic rings. The molecule has 27 nitrogen and oxygen atoms in total. The quantitative estimate of drug-likeness (QED) is 0.00697. The number of carboxylic acid groups (broad SMARTS) is 2. The molecule has 18 unspecified atom stereocenters. The second kappa shape index (κ2) is 67.4. The number of phenols is 1. The van der Waals surface area contributed by atoms with Crippen molar-refractivity contribution >= 4 is 48.0 Å². The minimum atomic E-state index is -1.59. The number of esters is 4. The van der Waals surface area contributed by atoms with Crippen LogP contribution in [0.2, 0.25) is 0 Å². The van der Waals surface area contributed by atoms with E-state index in [1.54, 1.807) is 90.1 Å². The van der Waals surface area contributed by atoms with E-state index in [0.29, 0.717) is 79.9 Å². The van der Waals surface area contributed by atoms with Gasteiger partial charge in [0.2, 0.25) is 0 Å². The Morgan fingerprint density at radius 3 is 1.57 bits per heavy atom. The van der Waals surface area contributed by atoms with Crippen LogP contribution in [0.25, 0.3) is 6.08 Å². The van der Waals surface area contributed by atoms with Crippen LogP contribution in [0.4, 0.5) is 4.79 Å². The van der Waals surface area contributed by atoms with Crippen molar-refractivity contribution < 1.29 is 126 Å². The third kappa shape index (κ3) is 47.5. The molecule has 0 amide bonds. The molecule has 3 aliphatic heterocycles. The number of aliphatic hydroxyl groups excluding tert-OH is 3. The number of nitrogens with zero attached hydrogens (tertiary/aromatic N) is 1. The number of ether oxygens (including phenoxy) is 13. The number of carbonyl (C=O) groups excluding carboxylic acids is 5. The standard InChI is InChI=1S/C46H60O12.C30H47NO11.C12H16O.C11H14O2.10CH4/c1-6-33(47)23-35(49)24-38-26-40(56-44(53-38)32-15-11-17-36(22-32)57-45(50)58-46(3,4)5)28-41-27-39(54-43(55-41)31-14-10-16-34(48)21-31)25-37-20-29(2)51-42(52-37)19-18-30-12-8-7-9-13-30;1-10-29(7,27(38)39-9)14-21(24(34)40-11-2)12-20(15-31)13-30(8,25(35)36)18-28(5,6)26(37)42-17-22(32)16-41-23(33)19(3)4;1-4-10(3)11-6-8-12(9-7-11)13-5-2;1-3-8(2)9-4-6-10(7-5-9)11(12)13;;;;;;;;;;/h7-19,21-22,29,33,35,37-44,47-49H,6,20,23-28H2,1-5H3;20-22,32H,3,10-14,16-18H2,1-2,4-9H3,(H,35,36);5-10H,2,4H2,1,3H3;4-8H,3H2,1-2H3,(H,12,13);10*1H4/b19-18+;;;;;;;;;;;;;. The minimum Gasteiger partial charge on any atom is -0.508 e. The van der Waals surface area contributed by atoms with Gasteiger partial charge in [-0.15, -0.1) is 0 Å². The lowest BCUT2D eigenvalue weighted by atomic mass is 9.68. The summed E-state index contributed by atoms with van der Waals surface area (Å²) in [5.41, 5.74) is 0.748. The zero-order valence-electron chi connectivity index (χ0n) is 76.5. The lowest BCUT2D eigenvalue weighted by molar-refractivity contribution is -0.285. The molecule has 27 heteroatoms. The second-order valence-electron chi connectivity index (χ2n) is 34.9. The number of carboxylic acids is 2. The molecular weight excluding hydrogens is 1740 g/mol. The molecule has 136 heavy (non-hydrogen) atoms. The number of aromatic hydroxyl groups is 1. The predicted molar refractivity (Wildman–Crippen MR) is 541 cm³/mol. The Kier molecular flexibility index (Phi) is 67.8. The first-order valence-corrected chi connectivity index (χ1v) is 43.6. The van der Waals surface area contributed by atoms with Crippen molar-refractivity contribution in [3.8, 4) is 23.3 Å². The van der Waals surface area contributed by atoms with Gasteiger partial charge in [0.15, 0.2) is 18.9 Å². The number of phenolic OH excluding ortho intramolecular Hbond substituents is 1. The van der Waals surface area contributed by atoms with E-state index in [9.17, 15) is 64.4 Å². The van der Waals surface area contributed by atoms with E-state index in [1.807, 2.05) is 85.8 Å². The van der Waals surface area contributed by atoms with Gasteiger partial charge in [-0.25, -0.2) is 14.4 Å². The van der Waals surface area contributed by atoms with Crippen LogP contribution in [0.3, 0.4) is 0 Å². The van der Waals surface area contributed by atoms with E-state index in [0.717, 1.165) is 17.7 Å². The van der Waals surface area contributed by atoms with Crippen molar-refractivity contribution in [1.29, 1.82) is 5.26 Å². The summed E-state index contributed by atoms with van der Waals surface area (Å²) in [4.78, 5) is 85.1. The number of benzene rings is 5. The molecule has 18 atom stereocenters. The first kappa shape index (κ1) is 137. The van der Waals surface area contributed by atoms with Crippen molar-refractivity contribution in [2.24, 2.45) is 28.1 Å². The van der Waals surface area contributed by atoms with E-state index in [4.69, 9.17) is 66.7 Å². The number of aliphatic carboxylic acids is 1. The highest BCUT2D eigenvalue weighted by Crippen LogP contribution is 2.45. The fourth-order valence-electron chi connectivity index (χ4n) is 14.8. The van der Waals surface area contributed by atoms with Gasteiger partial charge < -0.3 is 92.2 Å². The van der Waals surface area contributed by atoms with Crippen molar-refractivity contribution in [3.05, 3.63) is 192 Å². The summed E-state index contributed by atoms with van der Waals surface area (Å²) in [6, 6.07) is 41.2. The molecular formula is C109H177NO26. The van der Waals surface area contributed by atoms with E-state index < -0.39 is 132 Å². The van der Waals surface area contributed by atoms with Crippen LogP contribution >= 0.6 is 0 Å². The number of aliphatic hydroxyl groups is 3. The molecule has 5 aromatic rings. The SMILES string of the molecule is C.C.C.C.C.C.C.C.C.C.C=C(C)C(=O)OCC(O)COC(=O)C(C)(C)CC(C)(CC(C#N)CC(CC(C)(CC)C(=O)OC)C(=O)OCC)C(=O)O.C=COc1ccc(C(C)CC)cc1.CCC(C)c1ccc(C(=O)O)cc1.CCC(O)CC(O)CC1CC(CC2CC(CC3CC(C)OC(/C=C/c4ccccc4)O3)OC(c3cccc(O)c3)O2)OC(c2cccc(OC(=O)OC(C)(C)C)c2)O1. The number of hydrogen-bond donors (Lipinski definition) is 6. The van der Waals surface area contributed by atoms with Gasteiger partial charge in [0, 0.05) is 48.3 Å². The highest BCUT2D eigenvalue weighted by Gasteiger charge is 2.47. The number of nitriles is 1. The molecule has 0 radical (unpaired) electrons. The molecule has 0 aromatic heterocycles. The highest BCUT2D eigenvalue weighted by atomic mass is 16.7. The number of hydrogen-bond acceptors (Lipinski definition) is 25. The Hall–Kier alpha value is -9.86. The molecule has 3 heterocycles. The van der Waals surface area contributed by atoms with Crippen LogP contribution in [0, 0.1) is 39.4 Å². The van der Waals surface area contributed by atoms with Gasteiger partial charge >= 0.3 is 42.0 Å². The summed E-state index contributed by atoms with van der Waals surface area (Å²) in [6.07, 6.45) is 4.34. The molecule has 774 valence electrons. The van der Waals surface area contributed by atoms with Gasteiger partial charge in [-0.2, -0.15) is 5.26 Å². The Balaban J connectivity index is -0.000000473. The second-order valence-corrected chi connectivity index (χ2v) is 34.9. The number of methoxy groups -OCH3 is 1. The van der Waals surface area contributed by atoms with Crippen molar-refractivity contribution in [2.75, 3.05) is 26.9 Å². The Labute approximate surface area is 817 Å². The smallest absolute Gasteiger partial charge is 0.508 e. The molecule has 3 saturated heterocycles. The third-order valence-corrected chi connectivity index (χ3v) is 22.2. The molecule has 0 spiro atoms. The lowest BCUT2D eigenvalue weighted by Crippen LogP contribution is -2.43. The average molecular weight is 1920 g/mol. The zero-order valence-corrected chi connectivity index (χ0v) is 76.5. The van der Waals surface area contributed by atoms with E-state index in [-0.39, 0.29) is 161 Å². The summed E-state index contributed by atoms with van der Waals surface area (Å²) in [5, 5.41) is 70.4. The summed E-state index contributed by atoms with van der Waals surface area (Å²) >= 11 is 0. The van der Waals surface area contributed by atoms with E-state index >= 15 is 0 Å². The molecule has 6 N–H and O–H groups in total. The predicted octanol–water partition coefficient (Wildman–Crippen LogP) is 25.3. The number of aromatic carboxylic acids is 1.